The van der Waals surface area contributed by atoms with Gasteiger partial charge in [0, 0.05) is 12.1 Å². The predicted octanol–water partition coefficient (Wildman–Crippen LogP) is 4.42. The summed E-state index contributed by atoms with van der Waals surface area (Å²) in [5.41, 5.74) is 0.492. The van der Waals surface area contributed by atoms with E-state index in [2.05, 4.69) is 5.32 Å². The second kappa shape index (κ2) is 8.13. The first kappa shape index (κ1) is 18.2. The van der Waals surface area contributed by atoms with Crippen LogP contribution in [0.2, 0.25) is 10.0 Å². The quantitative estimate of drug-likeness (QED) is 0.818. The molecule has 0 aliphatic rings. The SMILES string of the molecule is COc1ccc(OC)c(NC(=O)C(C)Oc2ccc(Cl)c(Cl)c2)c1. The first-order valence-electron chi connectivity index (χ1n) is 7.09. The van der Waals surface area contributed by atoms with Gasteiger partial charge in [-0.05, 0) is 31.2 Å². The van der Waals surface area contributed by atoms with E-state index in [0.29, 0.717) is 33.0 Å². The summed E-state index contributed by atoms with van der Waals surface area (Å²) >= 11 is 11.8. The average molecular weight is 370 g/mol. The molecule has 0 saturated carbocycles. The number of hydrogen-bond donors (Lipinski definition) is 1. The number of rotatable bonds is 6. The third-order valence-electron chi connectivity index (χ3n) is 3.24. The van der Waals surface area contributed by atoms with Gasteiger partial charge in [0.05, 0.1) is 30.0 Å². The molecule has 1 atom stereocenters. The number of halogens is 2. The van der Waals surface area contributed by atoms with Crippen LogP contribution in [0.3, 0.4) is 0 Å². The number of benzene rings is 2. The summed E-state index contributed by atoms with van der Waals surface area (Å²) in [7, 11) is 3.07. The van der Waals surface area contributed by atoms with Gasteiger partial charge in [-0.25, -0.2) is 0 Å². The number of ether oxygens (including phenoxy) is 3. The molecule has 0 bridgehead atoms. The Morgan fingerprint density at radius 2 is 1.71 bits per heavy atom. The zero-order chi connectivity index (χ0) is 17.7. The topological polar surface area (TPSA) is 56.8 Å². The van der Waals surface area contributed by atoms with E-state index in [1.54, 1.807) is 50.4 Å². The van der Waals surface area contributed by atoms with Crippen molar-refractivity contribution in [3.8, 4) is 17.2 Å². The Kier molecular flexibility index (Phi) is 6.17. The van der Waals surface area contributed by atoms with Crippen LogP contribution in [-0.4, -0.2) is 26.2 Å². The van der Waals surface area contributed by atoms with Gasteiger partial charge in [0.1, 0.15) is 17.2 Å². The van der Waals surface area contributed by atoms with Gasteiger partial charge in [0.15, 0.2) is 6.10 Å². The average Bonchev–Trinajstić information content (AvgIpc) is 2.58. The van der Waals surface area contributed by atoms with Crippen molar-refractivity contribution < 1.29 is 19.0 Å². The highest BCUT2D eigenvalue weighted by molar-refractivity contribution is 6.42. The van der Waals surface area contributed by atoms with E-state index in [9.17, 15) is 4.79 Å². The summed E-state index contributed by atoms with van der Waals surface area (Å²) in [5.74, 6) is 1.23. The molecule has 0 heterocycles. The van der Waals surface area contributed by atoms with Gasteiger partial charge in [-0.15, -0.1) is 0 Å². The van der Waals surface area contributed by atoms with Crippen LogP contribution >= 0.6 is 23.2 Å². The summed E-state index contributed by atoms with van der Waals surface area (Å²) in [4.78, 5) is 12.3. The number of amides is 1. The van der Waals surface area contributed by atoms with Crippen molar-refractivity contribution in [3.05, 3.63) is 46.4 Å². The lowest BCUT2D eigenvalue weighted by atomic mass is 10.2. The number of carbonyl (C=O) groups excluding carboxylic acids is 1. The number of methoxy groups -OCH3 is 2. The van der Waals surface area contributed by atoms with Gasteiger partial charge in [-0.1, -0.05) is 23.2 Å². The summed E-state index contributed by atoms with van der Waals surface area (Å²) in [6.07, 6.45) is -0.752. The van der Waals surface area contributed by atoms with Crippen LogP contribution in [0.15, 0.2) is 36.4 Å². The smallest absolute Gasteiger partial charge is 0.265 e. The molecule has 0 saturated heterocycles. The summed E-state index contributed by atoms with van der Waals surface area (Å²) < 4.78 is 16.0. The minimum Gasteiger partial charge on any atom is -0.497 e. The minimum absolute atomic E-state index is 0.340. The van der Waals surface area contributed by atoms with Crippen LogP contribution in [0.1, 0.15) is 6.92 Å². The van der Waals surface area contributed by atoms with E-state index in [4.69, 9.17) is 37.4 Å². The third kappa shape index (κ3) is 4.46. The second-order valence-electron chi connectivity index (χ2n) is 4.89. The van der Waals surface area contributed by atoms with Gasteiger partial charge in [-0.2, -0.15) is 0 Å². The lowest BCUT2D eigenvalue weighted by molar-refractivity contribution is -0.122. The van der Waals surface area contributed by atoms with Crippen LogP contribution < -0.4 is 19.5 Å². The third-order valence-corrected chi connectivity index (χ3v) is 3.98. The molecule has 1 N–H and O–H groups in total. The zero-order valence-corrected chi connectivity index (χ0v) is 14.9. The van der Waals surface area contributed by atoms with Crippen molar-refractivity contribution in [1.82, 2.24) is 0 Å². The van der Waals surface area contributed by atoms with Crippen molar-refractivity contribution in [2.45, 2.75) is 13.0 Å². The molecule has 2 aromatic carbocycles. The van der Waals surface area contributed by atoms with Crippen molar-refractivity contribution in [1.29, 1.82) is 0 Å². The Balaban J connectivity index is 2.09. The number of anilines is 1. The van der Waals surface area contributed by atoms with Crippen molar-refractivity contribution in [3.63, 3.8) is 0 Å². The molecule has 128 valence electrons. The van der Waals surface area contributed by atoms with Gasteiger partial charge < -0.3 is 19.5 Å². The van der Waals surface area contributed by atoms with Gasteiger partial charge in [-0.3, -0.25) is 4.79 Å². The Morgan fingerprint density at radius 1 is 1.00 bits per heavy atom. The van der Waals surface area contributed by atoms with E-state index in [1.165, 1.54) is 7.11 Å². The Bertz CT molecular complexity index is 737. The highest BCUT2D eigenvalue weighted by Gasteiger charge is 2.17. The Hall–Kier alpha value is -2.11. The maximum atomic E-state index is 12.3. The van der Waals surface area contributed by atoms with Crippen LogP contribution in [0.25, 0.3) is 0 Å². The van der Waals surface area contributed by atoms with Gasteiger partial charge in [0.2, 0.25) is 0 Å². The zero-order valence-electron chi connectivity index (χ0n) is 13.4. The van der Waals surface area contributed by atoms with E-state index in [-0.39, 0.29) is 5.91 Å². The molecule has 0 aliphatic heterocycles. The molecule has 5 nitrogen and oxygen atoms in total. The maximum Gasteiger partial charge on any atom is 0.265 e. The fraction of sp³-hybridized carbons (Fsp3) is 0.235. The predicted molar refractivity (Wildman–Crippen MR) is 94.7 cm³/mol. The van der Waals surface area contributed by atoms with Crippen LogP contribution in [0.5, 0.6) is 17.2 Å². The standard InChI is InChI=1S/C17H17Cl2NO4/c1-10(24-12-4-6-13(18)14(19)8-12)17(21)20-15-9-11(22-2)5-7-16(15)23-3/h4-10H,1-3H3,(H,20,21). The largest absolute Gasteiger partial charge is 0.497 e. The first-order chi connectivity index (χ1) is 11.4. The minimum atomic E-state index is -0.752. The molecule has 0 radical (unpaired) electrons. The van der Waals surface area contributed by atoms with E-state index in [0.717, 1.165) is 0 Å². The molecule has 0 fully saturated rings. The van der Waals surface area contributed by atoms with Crippen LogP contribution in [-0.2, 0) is 4.79 Å². The molecule has 7 heteroatoms. The highest BCUT2D eigenvalue weighted by Crippen LogP contribution is 2.30. The van der Waals surface area contributed by atoms with E-state index < -0.39 is 6.10 Å². The van der Waals surface area contributed by atoms with Crippen molar-refractivity contribution in [2.75, 3.05) is 19.5 Å². The normalized spacial score (nSPS) is 11.5. The summed E-state index contributed by atoms with van der Waals surface area (Å²) in [6, 6.07) is 9.92. The summed E-state index contributed by atoms with van der Waals surface area (Å²) in [6.45, 7) is 1.63. The second-order valence-corrected chi connectivity index (χ2v) is 5.71. The molecule has 1 unspecified atom stereocenters. The maximum absolute atomic E-state index is 12.3. The number of carbonyl (C=O) groups is 1. The molecule has 0 aliphatic carbocycles. The molecule has 0 aromatic heterocycles. The molecular formula is C17H17Cl2NO4. The molecule has 2 rings (SSSR count). The first-order valence-corrected chi connectivity index (χ1v) is 7.84. The monoisotopic (exact) mass is 369 g/mol. The van der Waals surface area contributed by atoms with Crippen LogP contribution in [0.4, 0.5) is 5.69 Å². The van der Waals surface area contributed by atoms with Crippen molar-refractivity contribution >= 4 is 34.8 Å². The van der Waals surface area contributed by atoms with E-state index in [1.807, 2.05) is 0 Å². The molecular weight excluding hydrogens is 353 g/mol. The molecule has 24 heavy (non-hydrogen) atoms. The fourth-order valence-corrected chi connectivity index (χ4v) is 2.24. The molecule has 0 spiro atoms. The Morgan fingerprint density at radius 3 is 2.33 bits per heavy atom. The molecule has 2 aromatic rings. The van der Waals surface area contributed by atoms with Crippen molar-refractivity contribution in [2.24, 2.45) is 0 Å². The van der Waals surface area contributed by atoms with Gasteiger partial charge >= 0.3 is 0 Å². The lowest BCUT2D eigenvalue weighted by Crippen LogP contribution is -2.30. The number of hydrogen-bond acceptors (Lipinski definition) is 4. The van der Waals surface area contributed by atoms with E-state index >= 15 is 0 Å². The Labute approximate surface area is 150 Å². The molecule has 1 amide bonds. The summed E-state index contributed by atoms with van der Waals surface area (Å²) in [5, 5.41) is 3.53. The van der Waals surface area contributed by atoms with Crippen LogP contribution in [0, 0.1) is 0 Å². The number of nitrogens with one attached hydrogen (secondary N) is 1. The van der Waals surface area contributed by atoms with Gasteiger partial charge in [0.25, 0.3) is 5.91 Å². The highest BCUT2D eigenvalue weighted by atomic mass is 35.5. The fourth-order valence-electron chi connectivity index (χ4n) is 1.95. The lowest BCUT2D eigenvalue weighted by Gasteiger charge is -2.17.